The van der Waals surface area contributed by atoms with Gasteiger partial charge in [0.2, 0.25) is 0 Å². The number of carbonyl (C=O) groups is 1. The largest absolute Gasteiger partial charge is 0.484 e. The van der Waals surface area contributed by atoms with Gasteiger partial charge < -0.3 is 15.8 Å². The Morgan fingerprint density at radius 2 is 1.20 bits per heavy atom. The van der Waals surface area contributed by atoms with E-state index in [0.717, 1.165) is 5.39 Å². The topological polar surface area (TPSA) is 182 Å². The molecule has 0 saturated heterocycles. The van der Waals surface area contributed by atoms with Crippen LogP contribution in [-0.2, 0) is 24.8 Å². The Labute approximate surface area is 306 Å². The highest BCUT2D eigenvalue weighted by molar-refractivity contribution is 7.93. The fourth-order valence-electron chi connectivity index (χ4n) is 4.90. The predicted molar refractivity (Wildman–Crippen MR) is 204 cm³/mol. The maximum Gasteiger partial charge on any atom is 0.264 e. The van der Waals surface area contributed by atoms with E-state index in [0.29, 0.717) is 43.4 Å². The van der Waals surface area contributed by atoms with Crippen LogP contribution >= 0.6 is 34.3 Å². The standard InChI is InChI=1S/C21H16ClN3O4S2.C13H11N3O2S2/c22-14-5-7-15(8-6-14)29-13-20(26)24-18-9-10-19(17-4-2-1-3-16(17)18)31(27,28)25-21-23-11-12-30-21;14-11-5-6-12(10-4-2-1-3-9(10)11)20(17,18)16-13-15-7-8-19-13/h1-12H,13H2,(H,23,25)(H,24,26);1-8H,14H2,(H,15,16). The number of anilines is 4. The zero-order valence-electron chi connectivity index (χ0n) is 26.2. The number of ether oxygens (including phenoxy) is 1. The molecule has 0 bridgehead atoms. The van der Waals surface area contributed by atoms with Crippen LogP contribution in [0.2, 0.25) is 5.02 Å². The number of nitrogens with zero attached hydrogens (tertiary/aromatic N) is 2. The Morgan fingerprint density at radius 1 is 0.686 bits per heavy atom. The highest BCUT2D eigenvalue weighted by atomic mass is 35.5. The maximum atomic E-state index is 12.9. The molecule has 0 aliphatic carbocycles. The summed E-state index contributed by atoms with van der Waals surface area (Å²) in [5, 5.41) is 9.73. The summed E-state index contributed by atoms with van der Waals surface area (Å²) in [7, 11) is -7.54. The van der Waals surface area contributed by atoms with Crippen molar-refractivity contribution in [3.8, 4) is 5.75 Å². The lowest BCUT2D eigenvalue weighted by atomic mass is 10.1. The Hall–Kier alpha value is -5.26. The lowest BCUT2D eigenvalue weighted by Gasteiger charge is -2.13. The Balaban J connectivity index is 0.000000193. The van der Waals surface area contributed by atoms with E-state index in [1.165, 1.54) is 41.0 Å². The van der Waals surface area contributed by atoms with Gasteiger partial charge in [0.15, 0.2) is 16.9 Å². The van der Waals surface area contributed by atoms with Crippen molar-refractivity contribution in [2.24, 2.45) is 0 Å². The first-order valence-electron chi connectivity index (χ1n) is 14.8. The molecular formula is C34H27ClN6O6S4. The highest BCUT2D eigenvalue weighted by Gasteiger charge is 2.21. The Kier molecular flexibility index (Phi) is 10.7. The molecule has 0 saturated carbocycles. The molecule has 7 aromatic rings. The van der Waals surface area contributed by atoms with Crippen molar-refractivity contribution in [3.63, 3.8) is 0 Å². The van der Waals surface area contributed by atoms with Gasteiger partial charge in [-0.15, -0.1) is 22.7 Å². The first kappa shape index (κ1) is 35.6. The molecule has 12 nitrogen and oxygen atoms in total. The monoisotopic (exact) mass is 778 g/mol. The minimum atomic E-state index is -3.86. The van der Waals surface area contributed by atoms with Gasteiger partial charge >= 0.3 is 0 Å². The van der Waals surface area contributed by atoms with Crippen LogP contribution < -0.4 is 25.2 Å². The van der Waals surface area contributed by atoms with Crippen molar-refractivity contribution in [1.29, 1.82) is 0 Å². The normalized spacial score (nSPS) is 11.4. The molecule has 0 radical (unpaired) electrons. The molecule has 0 unspecified atom stereocenters. The summed E-state index contributed by atoms with van der Waals surface area (Å²) in [4.78, 5) is 20.6. The summed E-state index contributed by atoms with van der Waals surface area (Å²) >= 11 is 8.25. The summed E-state index contributed by atoms with van der Waals surface area (Å²) < 4.78 is 61.0. The molecule has 0 atom stereocenters. The molecular weight excluding hydrogens is 752 g/mol. The van der Waals surface area contributed by atoms with Gasteiger partial charge in [0.1, 0.15) is 5.75 Å². The van der Waals surface area contributed by atoms with E-state index in [1.54, 1.807) is 95.8 Å². The van der Waals surface area contributed by atoms with Crippen LogP contribution in [0.15, 0.2) is 130 Å². The third-order valence-corrected chi connectivity index (χ3v) is 11.8. The predicted octanol–water partition coefficient (Wildman–Crippen LogP) is 7.45. The number of aromatic nitrogens is 2. The molecule has 2 heterocycles. The number of carbonyl (C=O) groups excluding carboxylic acids is 1. The van der Waals surface area contributed by atoms with Crippen molar-refractivity contribution in [3.05, 3.63) is 125 Å². The quantitative estimate of drug-likeness (QED) is 0.103. The van der Waals surface area contributed by atoms with Gasteiger partial charge in [-0.3, -0.25) is 14.2 Å². The average molecular weight is 779 g/mol. The van der Waals surface area contributed by atoms with E-state index in [4.69, 9.17) is 22.1 Å². The highest BCUT2D eigenvalue weighted by Crippen LogP contribution is 2.32. The number of thiazole rings is 2. The molecule has 17 heteroatoms. The minimum absolute atomic E-state index is 0.0914. The third-order valence-electron chi connectivity index (χ3n) is 7.15. The lowest BCUT2D eigenvalue weighted by molar-refractivity contribution is -0.118. The van der Waals surface area contributed by atoms with Crippen molar-refractivity contribution < 1.29 is 26.4 Å². The van der Waals surface area contributed by atoms with Crippen LogP contribution in [0, 0.1) is 0 Å². The summed E-state index contributed by atoms with van der Waals surface area (Å²) in [6.07, 6.45) is 3.06. The van der Waals surface area contributed by atoms with Gasteiger partial charge in [-0.05, 0) is 48.5 Å². The number of nitrogens with one attached hydrogen (secondary N) is 3. The number of rotatable bonds is 10. The molecule has 260 valence electrons. The number of nitrogen functional groups attached to an aromatic ring is 1. The number of nitrogens with two attached hydrogens (primary N) is 1. The van der Waals surface area contributed by atoms with Gasteiger partial charge in [-0.1, -0.05) is 60.1 Å². The number of fused-ring (bicyclic) bond motifs is 2. The molecule has 2 aromatic heterocycles. The molecule has 51 heavy (non-hydrogen) atoms. The number of sulfonamides is 2. The maximum absolute atomic E-state index is 12.9. The zero-order chi connectivity index (χ0) is 36.0. The SMILES string of the molecule is Nc1ccc(S(=O)(=O)Nc2nccs2)c2ccccc12.O=C(COc1ccc(Cl)cc1)Nc1ccc(S(=O)(=O)Nc2nccs2)c2ccccc12. The van der Waals surface area contributed by atoms with Gasteiger partial charge in [0.05, 0.1) is 9.79 Å². The van der Waals surface area contributed by atoms with Crippen molar-refractivity contribution in [2.45, 2.75) is 9.79 Å². The minimum Gasteiger partial charge on any atom is -0.484 e. The van der Waals surface area contributed by atoms with Crippen LogP contribution in [0.5, 0.6) is 5.75 Å². The van der Waals surface area contributed by atoms with Gasteiger partial charge in [-0.25, -0.2) is 26.8 Å². The fraction of sp³-hybridized carbons (Fsp3) is 0.0294. The summed E-state index contributed by atoms with van der Waals surface area (Å²) in [6.45, 7) is -0.207. The zero-order valence-corrected chi connectivity index (χ0v) is 30.2. The first-order valence-corrected chi connectivity index (χ1v) is 19.9. The van der Waals surface area contributed by atoms with E-state index in [9.17, 15) is 21.6 Å². The van der Waals surface area contributed by atoms with Crippen LogP contribution in [0.3, 0.4) is 0 Å². The Morgan fingerprint density at radius 3 is 1.75 bits per heavy atom. The number of amides is 1. The van der Waals surface area contributed by atoms with Crippen molar-refractivity contribution in [1.82, 2.24) is 9.97 Å². The van der Waals surface area contributed by atoms with Crippen LogP contribution in [0.25, 0.3) is 21.5 Å². The number of halogens is 1. The molecule has 0 aliphatic rings. The number of benzene rings is 5. The fourth-order valence-corrected chi connectivity index (χ4v) is 9.03. The van der Waals surface area contributed by atoms with Crippen LogP contribution in [0.4, 0.5) is 21.6 Å². The van der Waals surface area contributed by atoms with E-state index in [1.807, 2.05) is 6.07 Å². The average Bonchev–Trinajstić information content (AvgIpc) is 3.83. The van der Waals surface area contributed by atoms with E-state index in [2.05, 4.69) is 24.7 Å². The molecule has 5 aromatic carbocycles. The second kappa shape index (κ2) is 15.3. The second-order valence-corrected chi connectivity index (χ2v) is 16.1. The smallest absolute Gasteiger partial charge is 0.264 e. The lowest BCUT2D eigenvalue weighted by Crippen LogP contribution is -2.20. The molecule has 5 N–H and O–H groups in total. The van der Waals surface area contributed by atoms with Gasteiger partial charge in [0, 0.05) is 61.1 Å². The van der Waals surface area contributed by atoms with E-state index in [-0.39, 0.29) is 27.4 Å². The van der Waals surface area contributed by atoms with Crippen molar-refractivity contribution in [2.75, 3.05) is 27.1 Å². The van der Waals surface area contributed by atoms with E-state index >= 15 is 0 Å². The molecule has 7 rings (SSSR count). The molecule has 0 spiro atoms. The second-order valence-electron chi connectivity index (χ2n) is 10.5. The van der Waals surface area contributed by atoms with Crippen LogP contribution in [0.1, 0.15) is 0 Å². The number of hydrogen-bond acceptors (Lipinski definition) is 11. The van der Waals surface area contributed by atoms with Crippen molar-refractivity contribution >= 4 is 103 Å². The summed E-state index contributed by atoms with van der Waals surface area (Å²) in [6, 6.07) is 26.9. The number of hydrogen-bond donors (Lipinski definition) is 4. The van der Waals surface area contributed by atoms with E-state index < -0.39 is 20.0 Å². The summed E-state index contributed by atoms with van der Waals surface area (Å²) in [5.41, 5.74) is 6.91. The third kappa shape index (κ3) is 8.56. The molecule has 0 aliphatic heterocycles. The van der Waals surface area contributed by atoms with Gasteiger partial charge in [-0.2, -0.15) is 0 Å². The Bertz CT molecular complexity index is 2530. The summed E-state index contributed by atoms with van der Waals surface area (Å²) in [5.74, 6) is 0.135. The molecule has 0 fully saturated rings. The van der Waals surface area contributed by atoms with Gasteiger partial charge in [0.25, 0.3) is 26.0 Å². The first-order chi connectivity index (χ1) is 24.5. The van der Waals surface area contributed by atoms with Crippen LogP contribution in [-0.4, -0.2) is 39.3 Å². The molecule has 1 amide bonds.